The average Bonchev–Trinajstić information content (AvgIpc) is 3.20. The molecule has 0 aliphatic carbocycles. The minimum absolute atomic E-state index is 0.00638. The molecular formula is C20H20FN5O4. The van der Waals surface area contributed by atoms with Gasteiger partial charge in [-0.1, -0.05) is 18.2 Å². The third kappa shape index (κ3) is 4.90. The number of rotatable bonds is 6. The van der Waals surface area contributed by atoms with Crippen molar-refractivity contribution in [2.45, 2.75) is 25.5 Å². The number of para-hydroxylation sites is 1. The Balaban J connectivity index is 1.59. The molecule has 2 aromatic carbocycles. The second-order valence-corrected chi connectivity index (χ2v) is 6.51. The highest BCUT2D eigenvalue weighted by molar-refractivity contribution is 6.40. The van der Waals surface area contributed by atoms with Gasteiger partial charge < -0.3 is 10.5 Å². The van der Waals surface area contributed by atoms with Gasteiger partial charge in [-0.2, -0.15) is 5.10 Å². The summed E-state index contributed by atoms with van der Waals surface area (Å²) in [4.78, 5) is 36.3. The molecule has 0 radical (unpaired) electrons. The molecule has 30 heavy (non-hydrogen) atoms. The number of benzene rings is 2. The molecule has 0 saturated heterocycles. The van der Waals surface area contributed by atoms with Crippen LogP contribution in [-0.2, 0) is 14.4 Å². The fourth-order valence-electron chi connectivity index (χ4n) is 2.75. The number of nitrogens with zero attached hydrogens (tertiary/aromatic N) is 2. The Kier molecular flexibility index (Phi) is 6.26. The van der Waals surface area contributed by atoms with Gasteiger partial charge in [0.15, 0.2) is 6.10 Å². The average molecular weight is 413 g/mol. The van der Waals surface area contributed by atoms with Gasteiger partial charge in [0, 0.05) is 6.42 Å². The SMILES string of the molecule is C[C@@H](Oc1ccc(F)cc1)C(=O)NNC(=O)C1=NN(c2ccccc2)[C@@H](C(N)=O)C1. The summed E-state index contributed by atoms with van der Waals surface area (Å²) in [5, 5.41) is 5.55. The van der Waals surface area contributed by atoms with E-state index in [2.05, 4.69) is 16.0 Å². The van der Waals surface area contributed by atoms with Crippen LogP contribution in [0.25, 0.3) is 0 Å². The maximum Gasteiger partial charge on any atom is 0.285 e. The predicted molar refractivity (Wildman–Crippen MR) is 107 cm³/mol. The Morgan fingerprint density at radius 1 is 1.13 bits per heavy atom. The number of hydrogen-bond donors (Lipinski definition) is 3. The number of primary amides is 1. The molecule has 4 N–H and O–H groups in total. The van der Waals surface area contributed by atoms with Gasteiger partial charge in [-0.3, -0.25) is 30.2 Å². The summed E-state index contributed by atoms with van der Waals surface area (Å²) in [6, 6.07) is 13.2. The molecule has 3 amide bonds. The quantitative estimate of drug-likeness (QED) is 0.606. The first-order valence-electron chi connectivity index (χ1n) is 9.08. The van der Waals surface area contributed by atoms with Crippen molar-refractivity contribution in [1.82, 2.24) is 10.9 Å². The number of hydrazine groups is 1. The van der Waals surface area contributed by atoms with E-state index < -0.39 is 35.7 Å². The van der Waals surface area contributed by atoms with E-state index in [9.17, 15) is 18.8 Å². The van der Waals surface area contributed by atoms with Gasteiger partial charge in [0.05, 0.1) is 5.69 Å². The Bertz CT molecular complexity index is 965. The summed E-state index contributed by atoms with van der Waals surface area (Å²) in [6.45, 7) is 1.47. The molecule has 2 aromatic rings. The maximum atomic E-state index is 12.9. The zero-order valence-corrected chi connectivity index (χ0v) is 16.0. The smallest absolute Gasteiger partial charge is 0.285 e. The number of halogens is 1. The number of anilines is 1. The third-order valence-electron chi connectivity index (χ3n) is 4.32. The first kappa shape index (κ1) is 20.8. The summed E-state index contributed by atoms with van der Waals surface area (Å²) >= 11 is 0. The monoisotopic (exact) mass is 413 g/mol. The van der Waals surface area contributed by atoms with E-state index in [1.54, 1.807) is 30.3 Å². The van der Waals surface area contributed by atoms with Crippen molar-refractivity contribution in [3.8, 4) is 5.75 Å². The maximum absolute atomic E-state index is 12.9. The van der Waals surface area contributed by atoms with Gasteiger partial charge in [-0.25, -0.2) is 4.39 Å². The fraction of sp³-hybridized carbons (Fsp3) is 0.200. The van der Waals surface area contributed by atoms with Gasteiger partial charge in [-0.15, -0.1) is 0 Å². The molecule has 0 bridgehead atoms. The number of ether oxygens (including phenoxy) is 1. The molecule has 0 saturated carbocycles. The summed E-state index contributed by atoms with van der Waals surface area (Å²) in [6.07, 6.45) is -0.964. The van der Waals surface area contributed by atoms with Crippen molar-refractivity contribution in [1.29, 1.82) is 0 Å². The Labute approximate surface area is 171 Å². The zero-order chi connectivity index (χ0) is 21.7. The van der Waals surface area contributed by atoms with Crippen molar-refractivity contribution < 1.29 is 23.5 Å². The lowest BCUT2D eigenvalue weighted by molar-refractivity contribution is -0.131. The molecule has 0 aromatic heterocycles. The highest BCUT2D eigenvalue weighted by atomic mass is 19.1. The van der Waals surface area contributed by atoms with Crippen LogP contribution in [0.5, 0.6) is 5.75 Å². The van der Waals surface area contributed by atoms with Crippen LogP contribution in [-0.4, -0.2) is 35.6 Å². The highest BCUT2D eigenvalue weighted by Crippen LogP contribution is 2.24. The standard InChI is InChI=1S/C20H20FN5O4/c1-12(30-15-9-7-13(21)8-10-15)19(28)23-24-20(29)16-11-17(18(22)27)26(25-16)14-5-3-2-4-6-14/h2-10,12,17H,11H2,1H3,(H2,22,27)(H,23,28)(H,24,29)/t12-,17-/m1/s1. The molecule has 0 fully saturated rings. The number of carbonyl (C=O) groups is 3. The summed E-state index contributed by atoms with van der Waals surface area (Å²) in [5.41, 5.74) is 10.6. The second kappa shape index (κ2) is 9.03. The molecule has 156 valence electrons. The summed E-state index contributed by atoms with van der Waals surface area (Å²) < 4.78 is 18.3. The van der Waals surface area contributed by atoms with Crippen molar-refractivity contribution in [3.05, 3.63) is 60.4 Å². The third-order valence-corrected chi connectivity index (χ3v) is 4.32. The van der Waals surface area contributed by atoms with Gasteiger partial charge in [0.1, 0.15) is 23.3 Å². The van der Waals surface area contributed by atoms with Crippen LogP contribution in [0.2, 0.25) is 0 Å². The second-order valence-electron chi connectivity index (χ2n) is 6.51. The van der Waals surface area contributed by atoms with Gasteiger partial charge >= 0.3 is 0 Å². The van der Waals surface area contributed by atoms with Crippen molar-refractivity contribution in [2.24, 2.45) is 10.8 Å². The molecule has 0 unspecified atom stereocenters. The van der Waals surface area contributed by atoms with E-state index in [-0.39, 0.29) is 12.1 Å². The molecule has 10 heteroatoms. The van der Waals surface area contributed by atoms with Crippen LogP contribution in [0.15, 0.2) is 59.7 Å². The van der Waals surface area contributed by atoms with Crippen molar-refractivity contribution >= 4 is 29.1 Å². The normalized spacial score (nSPS) is 16.4. The minimum atomic E-state index is -0.958. The number of nitrogens with one attached hydrogen (secondary N) is 2. The van der Waals surface area contributed by atoms with Gasteiger partial charge in [0.25, 0.3) is 11.8 Å². The number of nitrogens with two attached hydrogens (primary N) is 1. The largest absolute Gasteiger partial charge is 0.481 e. The van der Waals surface area contributed by atoms with E-state index >= 15 is 0 Å². The Morgan fingerprint density at radius 2 is 1.80 bits per heavy atom. The number of hydrazone groups is 1. The first-order valence-corrected chi connectivity index (χ1v) is 9.08. The minimum Gasteiger partial charge on any atom is -0.481 e. The number of carbonyl (C=O) groups excluding carboxylic acids is 3. The molecule has 9 nitrogen and oxygen atoms in total. The van der Waals surface area contributed by atoms with E-state index in [0.29, 0.717) is 11.4 Å². The van der Waals surface area contributed by atoms with Crippen molar-refractivity contribution in [2.75, 3.05) is 5.01 Å². The lowest BCUT2D eigenvalue weighted by Gasteiger charge is -2.20. The van der Waals surface area contributed by atoms with Crippen LogP contribution in [0.4, 0.5) is 10.1 Å². The predicted octanol–water partition coefficient (Wildman–Crippen LogP) is 0.861. The molecule has 1 heterocycles. The van der Waals surface area contributed by atoms with Crippen LogP contribution < -0.4 is 26.3 Å². The number of hydrogen-bond acceptors (Lipinski definition) is 6. The molecule has 1 aliphatic rings. The van der Waals surface area contributed by atoms with E-state index in [0.717, 1.165) is 0 Å². The van der Waals surface area contributed by atoms with Crippen molar-refractivity contribution in [3.63, 3.8) is 0 Å². The Morgan fingerprint density at radius 3 is 2.43 bits per heavy atom. The molecule has 3 rings (SSSR count). The first-order chi connectivity index (χ1) is 14.3. The fourth-order valence-corrected chi connectivity index (χ4v) is 2.75. The van der Waals surface area contributed by atoms with Gasteiger partial charge in [0.2, 0.25) is 5.91 Å². The van der Waals surface area contributed by atoms with Crippen LogP contribution in [0.1, 0.15) is 13.3 Å². The van der Waals surface area contributed by atoms with Crippen LogP contribution >= 0.6 is 0 Å². The lowest BCUT2D eigenvalue weighted by atomic mass is 10.1. The Hall–Kier alpha value is -3.95. The zero-order valence-electron chi connectivity index (χ0n) is 16.0. The summed E-state index contributed by atoms with van der Waals surface area (Å²) in [5.74, 6) is -2.06. The summed E-state index contributed by atoms with van der Waals surface area (Å²) in [7, 11) is 0. The van der Waals surface area contributed by atoms with Crippen LogP contribution in [0, 0.1) is 5.82 Å². The molecule has 2 atom stereocenters. The lowest BCUT2D eigenvalue weighted by Crippen LogP contribution is -2.49. The molecule has 0 spiro atoms. The topological polar surface area (TPSA) is 126 Å². The van der Waals surface area contributed by atoms with Gasteiger partial charge in [-0.05, 0) is 43.3 Å². The highest BCUT2D eigenvalue weighted by Gasteiger charge is 2.35. The number of amides is 3. The molecule has 1 aliphatic heterocycles. The van der Waals surface area contributed by atoms with E-state index in [1.165, 1.54) is 36.2 Å². The molecular weight excluding hydrogens is 393 g/mol. The van der Waals surface area contributed by atoms with Crippen LogP contribution in [0.3, 0.4) is 0 Å². The van der Waals surface area contributed by atoms with E-state index in [4.69, 9.17) is 10.5 Å². The van der Waals surface area contributed by atoms with E-state index in [1.807, 2.05) is 0 Å².